The summed E-state index contributed by atoms with van der Waals surface area (Å²) < 4.78 is 16.9. The summed E-state index contributed by atoms with van der Waals surface area (Å²) in [7, 11) is 1.67. The molecule has 3 aromatic heterocycles. The molecule has 5 rings (SSSR count). The largest absolute Gasteiger partial charge is 0.364 e. The Hall–Kier alpha value is -4.79. The van der Waals surface area contributed by atoms with E-state index in [2.05, 4.69) is 10.4 Å². The van der Waals surface area contributed by atoms with Gasteiger partial charge in [0.2, 0.25) is 0 Å². The number of aryl methyl sites for hydroxylation is 1. The van der Waals surface area contributed by atoms with Crippen LogP contribution >= 0.6 is 0 Å². The first-order chi connectivity index (χ1) is 16.9. The van der Waals surface area contributed by atoms with Crippen molar-refractivity contribution in [3.63, 3.8) is 0 Å². The number of anilines is 1. The van der Waals surface area contributed by atoms with Crippen LogP contribution in [-0.2, 0) is 13.6 Å². The predicted molar refractivity (Wildman–Crippen MR) is 130 cm³/mol. The number of aromatic nitrogens is 4. The van der Waals surface area contributed by atoms with Crippen LogP contribution in [0.15, 0.2) is 79.1 Å². The molecule has 2 aromatic carbocycles. The Labute approximate surface area is 199 Å². The number of amides is 2. The highest BCUT2D eigenvalue weighted by molar-refractivity contribution is 6.13. The third-order valence-corrected chi connectivity index (χ3v) is 5.66. The zero-order valence-corrected chi connectivity index (χ0v) is 18.8. The topological polar surface area (TPSA) is 108 Å². The quantitative estimate of drug-likeness (QED) is 0.393. The highest BCUT2D eigenvalue weighted by Gasteiger charge is 2.19. The number of halogens is 1. The third kappa shape index (κ3) is 4.39. The average molecular weight is 468 g/mol. The number of carbonyl (C=O) groups is 2. The summed E-state index contributed by atoms with van der Waals surface area (Å²) in [6, 6.07) is 19.0. The summed E-state index contributed by atoms with van der Waals surface area (Å²) in [5.41, 5.74) is 9.09. The lowest BCUT2D eigenvalue weighted by Gasteiger charge is -2.09. The van der Waals surface area contributed by atoms with E-state index < -0.39 is 5.91 Å². The molecule has 0 atom stereocenters. The first-order valence-electron chi connectivity index (χ1n) is 10.8. The van der Waals surface area contributed by atoms with Gasteiger partial charge in [-0.15, -0.1) is 0 Å². The maximum Gasteiger partial charge on any atom is 0.265 e. The van der Waals surface area contributed by atoms with Crippen LogP contribution in [0.25, 0.3) is 22.3 Å². The average Bonchev–Trinajstić information content (AvgIpc) is 3.42. The number of pyridine rings is 1. The molecule has 5 aromatic rings. The molecule has 2 amide bonds. The van der Waals surface area contributed by atoms with Gasteiger partial charge < -0.3 is 15.6 Å². The van der Waals surface area contributed by atoms with Gasteiger partial charge in [0.15, 0.2) is 5.65 Å². The van der Waals surface area contributed by atoms with Crippen LogP contribution < -0.4 is 11.1 Å². The molecule has 35 heavy (non-hydrogen) atoms. The third-order valence-electron chi connectivity index (χ3n) is 5.66. The van der Waals surface area contributed by atoms with Crippen molar-refractivity contribution < 1.29 is 14.0 Å². The number of hydrogen-bond acceptors (Lipinski definition) is 4. The molecule has 0 spiro atoms. The number of nitrogens with zero attached hydrogens (tertiary/aromatic N) is 4. The normalized spacial score (nSPS) is 11.0. The minimum absolute atomic E-state index is 0.271. The van der Waals surface area contributed by atoms with Crippen LogP contribution in [0.4, 0.5) is 10.1 Å². The summed E-state index contributed by atoms with van der Waals surface area (Å²) in [6.45, 7) is 0.286. The van der Waals surface area contributed by atoms with Crippen LogP contribution in [0, 0.1) is 5.82 Å². The molecular weight excluding hydrogens is 447 g/mol. The van der Waals surface area contributed by atoms with Crippen molar-refractivity contribution in [3.8, 4) is 11.3 Å². The van der Waals surface area contributed by atoms with E-state index in [0.29, 0.717) is 28.0 Å². The fourth-order valence-electron chi connectivity index (χ4n) is 3.99. The molecular formula is C26H21FN6O2. The Morgan fingerprint density at radius 2 is 1.86 bits per heavy atom. The summed E-state index contributed by atoms with van der Waals surface area (Å²) in [5, 5.41) is 7.81. The summed E-state index contributed by atoms with van der Waals surface area (Å²) in [5.74, 6) is -1.32. The van der Waals surface area contributed by atoms with E-state index in [1.54, 1.807) is 46.9 Å². The van der Waals surface area contributed by atoms with Crippen LogP contribution in [0.1, 0.15) is 26.4 Å². The van der Waals surface area contributed by atoms with Gasteiger partial charge in [0, 0.05) is 18.8 Å². The molecule has 0 fully saturated rings. The van der Waals surface area contributed by atoms with E-state index in [9.17, 15) is 14.0 Å². The van der Waals surface area contributed by atoms with Crippen LogP contribution in [0.2, 0.25) is 0 Å². The fraction of sp³-hybridized carbons (Fsp3) is 0.0769. The van der Waals surface area contributed by atoms with E-state index in [-0.39, 0.29) is 24.0 Å². The molecule has 174 valence electrons. The van der Waals surface area contributed by atoms with Gasteiger partial charge in [0.05, 0.1) is 35.1 Å². The maximum atomic E-state index is 13.7. The minimum atomic E-state index is -0.593. The van der Waals surface area contributed by atoms with Crippen molar-refractivity contribution >= 4 is 28.5 Å². The van der Waals surface area contributed by atoms with Crippen molar-refractivity contribution in [1.82, 2.24) is 19.3 Å². The molecule has 0 aliphatic rings. The van der Waals surface area contributed by atoms with E-state index in [4.69, 9.17) is 10.7 Å². The number of primary amides is 1. The van der Waals surface area contributed by atoms with Gasteiger partial charge in [0.25, 0.3) is 11.8 Å². The number of rotatable bonds is 6. The van der Waals surface area contributed by atoms with Crippen LogP contribution in [0.5, 0.6) is 0 Å². The molecule has 0 unspecified atom stereocenters. The second kappa shape index (κ2) is 8.86. The lowest BCUT2D eigenvalue weighted by molar-refractivity contribution is 0.0990. The molecule has 9 heteroatoms. The lowest BCUT2D eigenvalue weighted by atomic mass is 10.1. The first-order valence-corrected chi connectivity index (χ1v) is 10.8. The predicted octanol–water partition coefficient (Wildman–Crippen LogP) is 3.98. The van der Waals surface area contributed by atoms with Gasteiger partial charge >= 0.3 is 0 Å². The molecule has 3 N–H and O–H groups in total. The van der Waals surface area contributed by atoms with E-state index in [0.717, 1.165) is 11.1 Å². The molecule has 8 nitrogen and oxygen atoms in total. The van der Waals surface area contributed by atoms with Gasteiger partial charge in [-0.3, -0.25) is 9.59 Å². The van der Waals surface area contributed by atoms with Gasteiger partial charge in [-0.2, -0.15) is 5.10 Å². The summed E-state index contributed by atoms with van der Waals surface area (Å²) >= 11 is 0. The van der Waals surface area contributed by atoms with Gasteiger partial charge in [-0.05, 0) is 29.8 Å². The van der Waals surface area contributed by atoms with Crippen molar-refractivity contribution in [2.75, 3.05) is 5.32 Å². The maximum absolute atomic E-state index is 13.7. The number of nitrogens with one attached hydrogen (secondary N) is 1. The molecule has 3 heterocycles. The van der Waals surface area contributed by atoms with Crippen molar-refractivity contribution in [1.29, 1.82) is 0 Å². The molecule has 0 saturated carbocycles. The Kier molecular flexibility index (Phi) is 5.58. The van der Waals surface area contributed by atoms with Crippen molar-refractivity contribution in [2.45, 2.75) is 6.54 Å². The van der Waals surface area contributed by atoms with Crippen molar-refractivity contribution in [2.24, 2.45) is 12.8 Å². The van der Waals surface area contributed by atoms with Gasteiger partial charge in [0.1, 0.15) is 11.5 Å². The Morgan fingerprint density at radius 1 is 1.06 bits per heavy atom. The first kappa shape index (κ1) is 22.0. The standard InChI is InChI=1S/C26H21FN6O2/c1-32-15-19(11-23(32)24(28)34)30-26(35)20-12-22(17-7-3-2-4-8-17)31-25-21(20)13-29-33(25)14-16-6-5-9-18(27)10-16/h2-13,15H,14H2,1H3,(H2,28,34)(H,30,35). The molecule has 0 aliphatic heterocycles. The second-order valence-electron chi connectivity index (χ2n) is 8.13. The Morgan fingerprint density at radius 3 is 2.57 bits per heavy atom. The Balaban J connectivity index is 1.59. The second-order valence-corrected chi connectivity index (χ2v) is 8.13. The van der Waals surface area contributed by atoms with Gasteiger partial charge in [-0.1, -0.05) is 42.5 Å². The van der Waals surface area contributed by atoms with Crippen molar-refractivity contribution in [3.05, 3.63) is 102 Å². The SMILES string of the molecule is Cn1cc(NC(=O)c2cc(-c3ccccc3)nc3c2cnn3Cc2cccc(F)c2)cc1C(N)=O. The summed E-state index contributed by atoms with van der Waals surface area (Å²) in [4.78, 5) is 29.7. The number of benzene rings is 2. The number of hydrogen-bond donors (Lipinski definition) is 2. The molecule has 0 bridgehead atoms. The zero-order valence-electron chi connectivity index (χ0n) is 18.8. The highest BCUT2D eigenvalue weighted by atomic mass is 19.1. The van der Waals surface area contributed by atoms with E-state index in [1.165, 1.54) is 18.2 Å². The number of fused-ring (bicyclic) bond motifs is 1. The monoisotopic (exact) mass is 468 g/mol. The summed E-state index contributed by atoms with van der Waals surface area (Å²) in [6.07, 6.45) is 3.19. The Bertz CT molecular complexity index is 1570. The van der Waals surface area contributed by atoms with E-state index >= 15 is 0 Å². The fourth-order valence-corrected chi connectivity index (χ4v) is 3.99. The van der Waals surface area contributed by atoms with E-state index in [1.807, 2.05) is 30.3 Å². The smallest absolute Gasteiger partial charge is 0.265 e. The zero-order chi connectivity index (χ0) is 24.5. The minimum Gasteiger partial charge on any atom is -0.364 e. The number of carbonyl (C=O) groups excluding carboxylic acids is 2. The highest BCUT2D eigenvalue weighted by Crippen LogP contribution is 2.26. The number of nitrogens with two attached hydrogens (primary N) is 1. The lowest BCUT2D eigenvalue weighted by Crippen LogP contribution is -2.14. The van der Waals surface area contributed by atoms with Crippen LogP contribution in [-0.4, -0.2) is 31.1 Å². The van der Waals surface area contributed by atoms with Gasteiger partial charge in [-0.25, -0.2) is 14.1 Å². The molecule has 0 saturated heterocycles. The molecule has 0 aliphatic carbocycles. The molecule has 0 radical (unpaired) electrons. The van der Waals surface area contributed by atoms with Crippen LogP contribution in [0.3, 0.4) is 0 Å².